The van der Waals surface area contributed by atoms with E-state index in [0.717, 1.165) is 13.1 Å². The minimum Gasteiger partial charge on any atom is -0.382 e. The molecule has 0 aliphatic carbocycles. The monoisotopic (exact) mass is 383 g/mol. The first-order valence-electron chi connectivity index (χ1n) is 9.73. The third kappa shape index (κ3) is 5.55. The van der Waals surface area contributed by atoms with E-state index in [1.54, 1.807) is 7.11 Å². The van der Waals surface area contributed by atoms with Gasteiger partial charge in [0, 0.05) is 33.3 Å². The summed E-state index contributed by atoms with van der Waals surface area (Å²) in [5, 5.41) is 2.81. The van der Waals surface area contributed by atoms with E-state index in [-0.39, 0.29) is 18.8 Å². The third-order valence-electron chi connectivity index (χ3n) is 4.95. The number of amides is 2. The van der Waals surface area contributed by atoms with Crippen molar-refractivity contribution in [3.05, 3.63) is 71.8 Å². The Morgan fingerprint density at radius 1 is 0.929 bits per heavy atom. The Labute approximate surface area is 167 Å². The molecule has 3 rings (SSSR count). The Kier molecular flexibility index (Phi) is 7.84. The van der Waals surface area contributed by atoms with Crippen LogP contribution in [0.15, 0.2) is 60.7 Å². The van der Waals surface area contributed by atoms with Gasteiger partial charge in [-0.25, -0.2) is 4.79 Å². The predicted molar refractivity (Wildman–Crippen MR) is 109 cm³/mol. The van der Waals surface area contributed by atoms with Gasteiger partial charge in [-0.05, 0) is 11.1 Å². The zero-order valence-electron chi connectivity index (χ0n) is 16.4. The highest BCUT2D eigenvalue weighted by atomic mass is 16.5. The Hall–Kier alpha value is -2.41. The molecule has 2 amide bonds. The molecule has 6 nitrogen and oxygen atoms in total. The number of nitrogens with zero attached hydrogens (tertiary/aromatic N) is 2. The van der Waals surface area contributed by atoms with E-state index in [1.807, 2.05) is 17.0 Å². The van der Waals surface area contributed by atoms with Crippen molar-refractivity contribution >= 4 is 6.03 Å². The molecule has 0 atom stereocenters. The molecule has 0 unspecified atom stereocenters. The van der Waals surface area contributed by atoms with Crippen molar-refractivity contribution in [2.75, 3.05) is 53.2 Å². The Morgan fingerprint density at radius 3 is 2.04 bits per heavy atom. The fourth-order valence-electron chi connectivity index (χ4n) is 3.51. The van der Waals surface area contributed by atoms with Gasteiger partial charge in [-0.1, -0.05) is 60.7 Å². The number of benzene rings is 2. The van der Waals surface area contributed by atoms with Crippen molar-refractivity contribution in [3.8, 4) is 0 Å². The van der Waals surface area contributed by atoms with Gasteiger partial charge in [-0.3, -0.25) is 4.90 Å². The van der Waals surface area contributed by atoms with Crippen LogP contribution in [0.1, 0.15) is 17.2 Å². The summed E-state index contributed by atoms with van der Waals surface area (Å²) >= 11 is 0. The van der Waals surface area contributed by atoms with E-state index >= 15 is 0 Å². The van der Waals surface area contributed by atoms with Crippen LogP contribution in [0.4, 0.5) is 4.79 Å². The number of methoxy groups -OCH3 is 1. The van der Waals surface area contributed by atoms with Crippen molar-refractivity contribution in [1.29, 1.82) is 0 Å². The summed E-state index contributed by atoms with van der Waals surface area (Å²) in [6, 6.07) is 21.2. The molecule has 0 bridgehead atoms. The Bertz CT molecular complexity index is 664. The number of hydrogen-bond acceptors (Lipinski definition) is 4. The van der Waals surface area contributed by atoms with E-state index in [2.05, 4.69) is 58.7 Å². The second-order valence-corrected chi connectivity index (χ2v) is 6.77. The molecule has 0 aromatic heterocycles. The summed E-state index contributed by atoms with van der Waals surface area (Å²) in [5.74, 6) is 0. The summed E-state index contributed by atoms with van der Waals surface area (Å²) < 4.78 is 10.2. The van der Waals surface area contributed by atoms with Crippen LogP contribution in [-0.4, -0.2) is 69.1 Å². The molecular weight excluding hydrogens is 354 g/mol. The van der Waals surface area contributed by atoms with Gasteiger partial charge in [-0.2, -0.15) is 0 Å². The maximum atomic E-state index is 12.3. The summed E-state index contributed by atoms with van der Waals surface area (Å²) in [6.07, 6.45) is 0. The Morgan fingerprint density at radius 2 is 1.50 bits per heavy atom. The molecule has 2 aromatic rings. The second kappa shape index (κ2) is 10.8. The molecule has 1 aliphatic heterocycles. The quantitative estimate of drug-likeness (QED) is 0.563. The normalized spacial score (nSPS) is 15.0. The van der Waals surface area contributed by atoms with Crippen LogP contribution >= 0.6 is 0 Å². The molecule has 1 fully saturated rings. The molecule has 6 heteroatoms. The summed E-state index contributed by atoms with van der Waals surface area (Å²) in [4.78, 5) is 16.6. The van der Waals surface area contributed by atoms with Crippen LogP contribution in [0.5, 0.6) is 0 Å². The molecule has 1 heterocycles. The number of nitrogens with one attached hydrogen (secondary N) is 1. The molecule has 2 aromatic carbocycles. The van der Waals surface area contributed by atoms with Gasteiger partial charge >= 0.3 is 6.03 Å². The van der Waals surface area contributed by atoms with E-state index in [0.29, 0.717) is 26.3 Å². The van der Waals surface area contributed by atoms with Gasteiger partial charge in [0.25, 0.3) is 0 Å². The number of carbonyl (C=O) groups excluding carboxylic acids is 1. The first-order valence-corrected chi connectivity index (χ1v) is 9.73. The van der Waals surface area contributed by atoms with Gasteiger partial charge in [-0.15, -0.1) is 0 Å². The minimum atomic E-state index is -0.0759. The first-order chi connectivity index (χ1) is 13.8. The molecule has 0 spiro atoms. The highest BCUT2D eigenvalue weighted by Crippen LogP contribution is 2.29. The van der Waals surface area contributed by atoms with Crippen molar-refractivity contribution in [3.63, 3.8) is 0 Å². The van der Waals surface area contributed by atoms with E-state index in [4.69, 9.17) is 9.47 Å². The van der Waals surface area contributed by atoms with Crippen molar-refractivity contribution in [2.45, 2.75) is 6.04 Å². The van der Waals surface area contributed by atoms with Crippen LogP contribution in [0, 0.1) is 0 Å². The standard InChI is InChI=1S/C22H29N3O3/c1-27-16-17-28-18-23-22(26)25-14-12-24(13-15-25)21(19-8-4-2-5-9-19)20-10-6-3-7-11-20/h2-11,21H,12-18H2,1H3,(H,23,26). The molecule has 1 N–H and O–H groups in total. The van der Waals surface area contributed by atoms with Gasteiger partial charge < -0.3 is 19.7 Å². The van der Waals surface area contributed by atoms with Crippen LogP contribution in [0.3, 0.4) is 0 Å². The number of urea groups is 1. The van der Waals surface area contributed by atoms with Crippen LogP contribution in [-0.2, 0) is 9.47 Å². The van der Waals surface area contributed by atoms with E-state index in [1.165, 1.54) is 11.1 Å². The average molecular weight is 383 g/mol. The lowest BCUT2D eigenvalue weighted by Gasteiger charge is -2.39. The minimum absolute atomic E-state index is 0.0759. The number of hydrogen-bond donors (Lipinski definition) is 1. The highest BCUT2D eigenvalue weighted by Gasteiger charge is 2.27. The SMILES string of the molecule is COCCOCNC(=O)N1CCN(C(c2ccccc2)c2ccccc2)CC1. The van der Waals surface area contributed by atoms with E-state index in [9.17, 15) is 4.79 Å². The Balaban J connectivity index is 1.58. The zero-order valence-corrected chi connectivity index (χ0v) is 16.4. The van der Waals surface area contributed by atoms with Crippen LogP contribution in [0.2, 0.25) is 0 Å². The van der Waals surface area contributed by atoms with Crippen LogP contribution in [0.25, 0.3) is 0 Å². The third-order valence-corrected chi connectivity index (χ3v) is 4.95. The second-order valence-electron chi connectivity index (χ2n) is 6.77. The van der Waals surface area contributed by atoms with Gasteiger partial charge in [0.1, 0.15) is 6.73 Å². The summed E-state index contributed by atoms with van der Waals surface area (Å²) in [7, 11) is 1.62. The molecule has 0 saturated carbocycles. The molecular formula is C22H29N3O3. The zero-order chi connectivity index (χ0) is 19.6. The lowest BCUT2D eigenvalue weighted by Crippen LogP contribution is -2.52. The lowest BCUT2D eigenvalue weighted by atomic mass is 9.96. The highest BCUT2D eigenvalue weighted by molar-refractivity contribution is 5.74. The van der Waals surface area contributed by atoms with Crippen molar-refractivity contribution < 1.29 is 14.3 Å². The summed E-state index contributed by atoms with van der Waals surface area (Å²) in [6.45, 7) is 4.24. The van der Waals surface area contributed by atoms with Gasteiger partial charge in [0.15, 0.2) is 0 Å². The largest absolute Gasteiger partial charge is 0.382 e. The van der Waals surface area contributed by atoms with E-state index < -0.39 is 0 Å². The molecule has 1 aliphatic rings. The fraction of sp³-hybridized carbons (Fsp3) is 0.409. The number of carbonyl (C=O) groups is 1. The molecule has 0 radical (unpaired) electrons. The number of ether oxygens (including phenoxy) is 2. The number of rotatable bonds is 8. The maximum absolute atomic E-state index is 12.3. The first kappa shape index (κ1) is 20.3. The maximum Gasteiger partial charge on any atom is 0.319 e. The lowest BCUT2D eigenvalue weighted by molar-refractivity contribution is 0.0587. The van der Waals surface area contributed by atoms with Gasteiger partial charge in [0.2, 0.25) is 0 Å². The molecule has 150 valence electrons. The van der Waals surface area contributed by atoms with Gasteiger partial charge in [0.05, 0.1) is 19.3 Å². The van der Waals surface area contributed by atoms with Crippen molar-refractivity contribution in [1.82, 2.24) is 15.1 Å². The molecule has 28 heavy (non-hydrogen) atoms. The van der Waals surface area contributed by atoms with Crippen LogP contribution < -0.4 is 5.32 Å². The average Bonchev–Trinajstić information content (AvgIpc) is 2.76. The summed E-state index contributed by atoms with van der Waals surface area (Å²) in [5.41, 5.74) is 2.55. The number of piperazine rings is 1. The smallest absolute Gasteiger partial charge is 0.319 e. The molecule has 1 saturated heterocycles. The van der Waals surface area contributed by atoms with Crippen molar-refractivity contribution in [2.24, 2.45) is 0 Å². The topological polar surface area (TPSA) is 54.0 Å². The fourth-order valence-corrected chi connectivity index (χ4v) is 3.51. The predicted octanol–water partition coefficient (Wildman–Crippen LogP) is 2.72.